The largest absolute Gasteiger partial charge is 0.458 e. The van der Waals surface area contributed by atoms with Gasteiger partial charge in [0.25, 0.3) is 0 Å². The fourth-order valence-corrected chi connectivity index (χ4v) is 3.91. The van der Waals surface area contributed by atoms with Gasteiger partial charge in [0.15, 0.2) is 0 Å². The number of cyclic esters (lactones) is 1. The molecule has 33 heavy (non-hydrogen) atoms. The highest BCUT2D eigenvalue weighted by atomic mass is 16.6. The van der Waals surface area contributed by atoms with E-state index in [1.54, 1.807) is 13.0 Å². The second-order valence-electron chi connectivity index (χ2n) is 8.56. The predicted octanol–water partition coefficient (Wildman–Crippen LogP) is 0.914. The summed E-state index contributed by atoms with van der Waals surface area (Å²) in [4.78, 5) is 52.1. The van der Waals surface area contributed by atoms with Crippen molar-refractivity contribution < 1.29 is 43.2 Å². The third-order valence-corrected chi connectivity index (χ3v) is 6.05. The topological polar surface area (TPSA) is 129 Å². The lowest BCUT2D eigenvalue weighted by molar-refractivity contribution is -0.192. The Morgan fingerprint density at radius 2 is 1.94 bits per heavy atom. The Balaban J connectivity index is 2.63. The van der Waals surface area contributed by atoms with E-state index in [1.165, 1.54) is 19.9 Å². The molecule has 0 aromatic carbocycles. The number of aliphatic hydroxyl groups is 1. The van der Waals surface area contributed by atoms with Crippen LogP contribution >= 0.6 is 0 Å². The first kappa shape index (κ1) is 26.5. The van der Waals surface area contributed by atoms with Gasteiger partial charge in [0.1, 0.15) is 24.9 Å². The number of ether oxygens (including phenoxy) is 4. The molecule has 2 rings (SSSR count). The van der Waals surface area contributed by atoms with Crippen LogP contribution in [0.3, 0.4) is 0 Å². The predicted molar refractivity (Wildman–Crippen MR) is 116 cm³/mol. The maximum atomic E-state index is 13.2. The zero-order valence-electron chi connectivity index (χ0n) is 20.0. The first-order valence-electron chi connectivity index (χ1n) is 10.9. The molecule has 10 nitrogen and oxygen atoms in total. The number of likely N-dealkylation sites (N-methyl/N-ethyl adjacent to an activating group) is 1. The van der Waals surface area contributed by atoms with Gasteiger partial charge < -0.3 is 29.0 Å². The molecule has 1 fully saturated rings. The summed E-state index contributed by atoms with van der Waals surface area (Å²) in [5, 5.41) is 10.9. The molecule has 0 aliphatic carbocycles. The Kier molecular flexibility index (Phi) is 8.79. The van der Waals surface area contributed by atoms with E-state index in [0.717, 1.165) is 13.8 Å². The molecule has 0 spiro atoms. The van der Waals surface area contributed by atoms with Crippen molar-refractivity contribution in [1.29, 1.82) is 0 Å². The maximum absolute atomic E-state index is 13.2. The van der Waals surface area contributed by atoms with Gasteiger partial charge in [0, 0.05) is 39.3 Å². The quantitative estimate of drug-likeness (QED) is 0.271. The summed E-state index contributed by atoms with van der Waals surface area (Å²) >= 11 is 0. The fraction of sp³-hybridized carbons (Fsp3) is 0.652. The van der Waals surface area contributed by atoms with Crippen molar-refractivity contribution in [3.05, 3.63) is 23.3 Å². The number of esters is 4. The Morgan fingerprint density at radius 1 is 1.27 bits per heavy atom. The highest BCUT2D eigenvalue weighted by Crippen LogP contribution is 2.34. The number of nitrogens with zero attached hydrogens (tertiary/aromatic N) is 1. The minimum Gasteiger partial charge on any atom is -0.458 e. The summed E-state index contributed by atoms with van der Waals surface area (Å²) in [6, 6.07) is 0. The Hall–Kier alpha value is -2.72. The summed E-state index contributed by atoms with van der Waals surface area (Å²) in [7, 11) is 1.87. The molecule has 0 saturated carbocycles. The third-order valence-electron chi connectivity index (χ3n) is 6.05. The lowest BCUT2D eigenvalue weighted by atomic mass is 9.82. The zero-order chi connectivity index (χ0) is 24.9. The molecular formula is C23H33NO9. The van der Waals surface area contributed by atoms with Crippen LogP contribution in [0.4, 0.5) is 0 Å². The zero-order valence-corrected chi connectivity index (χ0v) is 20.0. The number of allylic oxidation sites excluding steroid dienone is 1. The molecule has 0 unspecified atom stereocenters. The van der Waals surface area contributed by atoms with Crippen molar-refractivity contribution in [3.63, 3.8) is 0 Å². The standard InChI is InChI=1S/C23H33NO9/c1-7-17-20(31-14(3)25)13(2)23(5,33-15(4)26)22(29)30-12-16-8-10-24(6)11-9-18(19(16)27)32-21(17)28/h7-8,13,18-20,27H,9-12H2,1-6H3/b16-8+,17-7+/t13-,18-,19+,20+,23-/m1/s1. The first-order valence-corrected chi connectivity index (χ1v) is 10.9. The third kappa shape index (κ3) is 6.20. The lowest BCUT2D eigenvalue weighted by Gasteiger charge is -2.38. The number of hydrogen-bond acceptors (Lipinski definition) is 10. The van der Waals surface area contributed by atoms with Crippen LogP contribution in [0.15, 0.2) is 23.3 Å². The molecule has 0 radical (unpaired) electrons. The van der Waals surface area contributed by atoms with Crippen molar-refractivity contribution in [2.45, 2.75) is 65.0 Å². The van der Waals surface area contributed by atoms with Gasteiger partial charge in [-0.3, -0.25) is 9.59 Å². The van der Waals surface area contributed by atoms with Gasteiger partial charge >= 0.3 is 23.9 Å². The van der Waals surface area contributed by atoms with Gasteiger partial charge in [-0.1, -0.05) is 19.1 Å². The van der Waals surface area contributed by atoms with Crippen molar-refractivity contribution in [2.75, 3.05) is 26.7 Å². The van der Waals surface area contributed by atoms with Gasteiger partial charge in [-0.15, -0.1) is 0 Å². The van der Waals surface area contributed by atoms with E-state index in [2.05, 4.69) is 0 Å². The van der Waals surface area contributed by atoms with Crippen molar-refractivity contribution in [1.82, 2.24) is 4.90 Å². The molecule has 0 aromatic heterocycles. The summed E-state index contributed by atoms with van der Waals surface area (Å²) < 4.78 is 21.9. The second-order valence-corrected chi connectivity index (χ2v) is 8.56. The van der Waals surface area contributed by atoms with Crippen LogP contribution < -0.4 is 0 Å². The van der Waals surface area contributed by atoms with Crippen molar-refractivity contribution >= 4 is 23.9 Å². The van der Waals surface area contributed by atoms with Crippen LogP contribution in [-0.2, 0) is 38.1 Å². The molecule has 0 aromatic rings. The van der Waals surface area contributed by atoms with Crippen LogP contribution in [0.2, 0.25) is 0 Å². The molecular weight excluding hydrogens is 434 g/mol. The lowest BCUT2D eigenvalue weighted by Crippen LogP contribution is -2.53. The molecule has 0 amide bonds. The average molecular weight is 468 g/mol. The van der Waals surface area contributed by atoms with E-state index < -0.39 is 53.7 Å². The van der Waals surface area contributed by atoms with E-state index in [0.29, 0.717) is 25.1 Å². The van der Waals surface area contributed by atoms with Crippen molar-refractivity contribution in [3.8, 4) is 0 Å². The summed E-state index contributed by atoms with van der Waals surface area (Å²) in [6.45, 7) is 7.46. The number of aliphatic hydroxyl groups excluding tert-OH is 1. The van der Waals surface area contributed by atoms with E-state index in [4.69, 9.17) is 18.9 Å². The van der Waals surface area contributed by atoms with E-state index in [1.807, 2.05) is 11.9 Å². The molecule has 5 atom stereocenters. The number of rotatable bonds is 2. The molecule has 184 valence electrons. The molecule has 1 N–H and O–H groups in total. The maximum Gasteiger partial charge on any atom is 0.351 e. The van der Waals surface area contributed by atoms with E-state index in [-0.39, 0.29) is 12.2 Å². The molecule has 1 saturated heterocycles. The average Bonchev–Trinajstić information content (AvgIpc) is 2.72. The summed E-state index contributed by atoms with van der Waals surface area (Å²) in [5.41, 5.74) is -1.58. The second kappa shape index (κ2) is 10.9. The minimum atomic E-state index is -1.90. The van der Waals surface area contributed by atoms with Crippen LogP contribution in [0.25, 0.3) is 0 Å². The summed E-state index contributed by atoms with van der Waals surface area (Å²) in [6.07, 6.45) is 0.0692. The molecule has 2 aliphatic heterocycles. The Morgan fingerprint density at radius 3 is 2.52 bits per heavy atom. The monoisotopic (exact) mass is 467 g/mol. The van der Waals surface area contributed by atoms with Crippen LogP contribution in [0.1, 0.15) is 41.0 Å². The van der Waals surface area contributed by atoms with E-state index >= 15 is 0 Å². The van der Waals surface area contributed by atoms with Gasteiger partial charge in [0.05, 0.1) is 5.57 Å². The molecule has 10 heteroatoms. The van der Waals surface area contributed by atoms with Crippen LogP contribution in [-0.4, -0.2) is 84.5 Å². The highest BCUT2D eigenvalue weighted by molar-refractivity contribution is 5.91. The number of carbonyl (C=O) groups is 4. The van der Waals surface area contributed by atoms with Gasteiger partial charge in [0.2, 0.25) is 5.60 Å². The van der Waals surface area contributed by atoms with Crippen molar-refractivity contribution in [2.24, 2.45) is 5.92 Å². The molecule has 2 heterocycles. The first-order chi connectivity index (χ1) is 15.4. The smallest absolute Gasteiger partial charge is 0.351 e. The van der Waals surface area contributed by atoms with Crippen LogP contribution in [0.5, 0.6) is 0 Å². The fourth-order valence-electron chi connectivity index (χ4n) is 3.91. The highest BCUT2D eigenvalue weighted by Gasteiger charge is 2.51. The Bertz CT molecular complexity index is 849. The summed E-state index contributed by atoms with van der Waals surface area (Å²) in [5.74, 6) is -4.17. The molecule has 2 bridgehead atoms. The van der Waals surface area contributed by atoms with Gasteiger partial charge in [-0.05, 0) is 26.5 Å². The van der Waals surface area contributed by atoms with Crippen LogP contribution in [0, 0.1) is 5.92 Å². The van der Waals surface area contributed by atoms with Gasteiger partial charge in [-0.25, -0.2) is 9.59 Å². The van der Waals surface area contributed by atoms with Gasteiger partial charge in [-0.2, -0.15) is 0 Å². The minimum absolute atomic E-state index is 0.0439. The number of fused-ring (bicyclic) bond motifs is 2. The number of carbonyl (C=O) groups excluding carboxylic acids is 4. The van der Waals surface area contributed by atoms with E-state index in [9.17, 15) is 24.3 Å². The normalized spacial score (nSPS) is 34.9. The SMILES string of the molecule is C/C=C1/C(=O)O[C@@H]2CCN(C)C/C=C(\COC(=O)[C@](C)(OC(C)=O)[C@H](C)[C@@H]1OC(C)=O)[C@@H]2O. The Labute approximate surface area is 193 Å². The molecule has 2 aliphatic rings. The number of hydrogen-bond donors (Lipinski definition) is 1.